The highest BCUT2D eigenvalue weighted by Gasteiger charge is 2.39. The summed E-state index contributed by atoms with van der Waals surface area (Å²) in [5.41, 5.74) is 8.03. The molecule has 0 saturated carbocycles. The summed E-state index contributed by atoms with van der Waals surface area (Å²) in [6.07, 6.45) is 0.754. The highest BCUT2D eigenvalue weighted by Crippen LogP contribution is 2.41. The Hall–Kier alpha value is -5.91. The number of carboxylic acids is 1. The van der Waals surface area contributed by atoms with Crippen molar-refractivity contribution in [3.05, 3.63) is 95.8 Å². The normalized spacial score (nSPS) is 13.4. The smallest absolute Gasteiger partial charge is 0.475 e. The van der Waals surface area contributed by atoms with E-state index in [-0.39, 0.29) is 48.8 Å². The molecule has 3 aromatic rings. The Balaban J connectivity index is 0.000000499. The summed E-state index contributed by atoms with van der Waals surface area (Å²) < 4.78 is 62.7. The molecule has 0 fully saturated rings. The van der Waals surface area contributed by atoms with Crippen molar-refractivity contribution in [2.75, 3.05) is 26.2 Å². The number of carbonyl (C=O) groups is 6. The van der Waals surface area contributed by atoms with E-state index in [4.69, 9.17) is 15.6 Å². The molecule has 5 N–H and O–H groups in total. The van der Waals surface area contributed by atoms with Crippen LogP contribution in [-0.2, 0) is 35.3 Å². The number of halogens is 5. The molecule has 2 heterocycles. The number of nitrogens with two attached hydrogens (primary N) is 1. The standard InChI is InChI=1S/C31H40F2N4O2.C7H8N2O3.C2HF3O2/c1-6-10-29(39)35-25(17-34)20-37(21(2)38)30(31(3,4)5)28-15-23(26-16-24(32)13-14-27(26)33)19-36(28)18-22-11-8-7-9-12-22;10-5-8-3-4-9-6(11)1-2-7(9)12;3-2(4,5)1(6)7/h7-9,11-16,19,25,30H,6,10,17-18,20,34H2,1-5H3,(H,35,39);1-2,5H,3-4H2,(H,8,10);(H,6,7). The van der Waals surface area contributed by atoms with Crippen LogP contribution in [0.1, 0.15) is 64.8 Å². The zero-order valence-electron chi connectivity index (χ0n) is 32.8. The Morgan fingerprint density at radius 2 is 1.59 bits per heavy atom. The van der Waals surface area contributed by atoms with E-state index in [1.54, 1.807) is 11.1 Å². The fourth-order valence-corrected chi connectivity index (χ4v) is 5.86. The third-order valence-electron chi connectivity index (χ3n) is 8.43. The maximum absolute atomic E-state index is 14.9. The molecular formula is C40H49F5N6O7. The number of aliphatic carboxylic acids is 1. The van der Waals surface area contributed by atoms with Crippen LogP contribution in [0, 0.1) is 17.0 Å². The zero-order chi connectivity index (χ0) is 43.8. The van der Waals surface area contributed by atoms with Crippen molar-refractivity contribution in [3.63, 3.8) is 0 Å². The lowest BCUT2D eigenvalue weighted by atomic mass is 9.82. The minimum Gasteiger partial charge on any atom is -0.475 e. The van der Waals surface area contributed by atoms with Crippen LogP contribution in [0.15, 0.2) is 72.9 Å². The molecule has 2 unspecified atom stereocenters. The summed E-state index contributed by atoms with van der Waals surface area (Å²) in [5, 5.41) is 12.4. The van der Waals surface area contributed by atoms with Gasteiger partial charge in [-0.1, -0.05) is 58.0 Å². The Kier molecular flexibility index (Phi) is 18.4. The molecule has 4 rings (SSSR count). The molecule has 1 aliphatic rings. The van der Waals surface area contributed by atoms with Crippen LogP contribution in [0.3, 0.4) is 0 Å². The number of nitrogens with zero attached hydrogens (tertiary/aromatic N) is 3. The summed E-state index contributed by atoms with van der Waals surface area (Å²) in [4.78, 5) is 68.8. The topological polar surface area (TPSA) is 184 Å². The number of nitrogens with one attached hydrogen (secondary N) is 2. The molecule has 0 saturated heterocycles. The van der Waals surface area contributed by atoms with E-state index in [2.05, 4.69) is 10.6 Å². The van der Waals surface area contributed by atoms with E-state index in [0.717, 1.165) is 28.3 Å². The molecule has 0 spiro atoms. The van der Waals surface area contributed by atoms with Gasteiger partial charge in [-0.25, -0.2) is 13.6 Å². The average Bonchev–Trinajstić information content (AvgIpc) is 3.69. The molecule has 316 valence electrons. The Bertz CT molecular complexity index is 1890. The SMILES string of the molecule is CCCC(=O)NC(CN)CN(C(C)=O)C(c1cc(-c2cc(F)ccc2F)cn1Cc1ccccc1)C(C)(C)C.O=C(O)C(F)(F)F.O=CNCCN1C(=O)C=CC1=O. The van der Waals surface area contributed by atoms with Crippen LogP contribution in [0.4, 0.5) is 22.0 Å². The first kappa shape index (κ1) is 48.2. The number of benzene rings is 2. The van der Waals surface area contributed by atoms with Crippen molar-refractivity contribution < 1.29 is 55.8 Å². The third kappa shape index (κ3) is 14.9. The van der Waals surface area contributed by atoms with Gasteiger partial charge in [0, 0.05) is 81.2 Å². The van der Waals surface area contributed by atoms with Gasteiger partial charge in [-0.05, 0) is 41.7 Å². The van der Waals surface area contributed by atoms with Gasteiger partial charge in [0.1, 0.15) is 11.6 Å². The predicted molar refractivity (Wildman–Crippen MR) is 204 cm³/mol. The van der Waals surface area contributed by atoms with Gasteiger partial charge in [0.15, 0.2) is 0 Å². The van der Waals surface area contributed by atoms with Crippen LogP contribution in [0.25, 0.3) is 11.1 Å². The molecule has 13 nitrogen and oxygen atoms in total. The number of imide groups is 1. The highest BCUT2D eigenvalue weighted by molar-refractivity contribution is 6.12. The second-order valence-corrected chi connectivity index (χ2v) is 14.1. The van der Waals surface area contributed by atoms with E-state index < -0.39 is 41.3 Å². The fourth-order valence-electron chi connectivity index (χ4n) is 5.86. The first-order valence-corrected chi connectivity index (χ1v) is 18.1. The maximum atomic E-state index is 14.9. The van der Waals surface area contributed by atoms with E-state index in [0.29, 0.717) is 37.9 Å². The predicted octanol–water partition coefficient (Wildman–Crippen LogP) is 4.95. The highest BCUT2D eigenvalue weighted by atomic mass is 19.4. The average molecular weight is 821 g/mol. The molecule has 5 amide bonds. The van der Waals surface area contributed by atoms with Crippen LogP contribution in [0.5, 0.6) is 0 Å². The monoisotopic (exact) mass is 820 g/mol. The van der Waals surface area contributed by atoms with Crippen molar-refractivity contribution in [3.8, 4) is 11.1 Å². The summed E-state index contributed by atoms with van der Waals surface area (Å²) in [6.45, 7) is 10.9. The fraction of sp³-hybridized carbons (Fsp3) is 0.400. The van der Waals surface area contributed by atoms with Gasteiger partial charge in [0.25, 0.3) is 11.8 Å². The van der Waals surface area contributed by atoms with Crippen LogP contribution >= 0.6 is 0 Å². The first-order valence-electron chi connectivity index (χ1n) is 18.1. The van der Waals surface area contributed by atoms with Gasteiger partial charge in [-0.15, -0.1) is 0 Å². The summed E-state index contributed by atoms with van der Waals surface area (Å²) in [7, 11) is 0. The summed E-state index contributed by atoms with van der Waals surface area (Å²) >= 11 is 0. The van der Waals surface area contributed by atoms with Gasteiger partial charge in [-0.2, -0.15) is 13.2 Å². The number of alkyl halides is 3. The van der Waals surface area contributed by atoms with Crippen molar-refractivity contribution in [1.29, 1.82) is 0 Å². The van der Waals surface area contributed by atoms with Gasteiger partial charge < -0.3 is 30.9 Å². The van der Waals surface area contributed by atoms with Crippen LogP contribution in [-0.4, -0.2) is 93.9 Å². The molecule has 2 aromatic carbocycles. The maximum Gasteiger partial charge on any atom is 0.490 e. The van der Waals surface area contributed by atoms with Gasteiger partial charge in [0.2, 0.25) is 18.2 Å². The van der Waals surface area contributed by atoms with Crippen LogP contribution < -0.4 is 16.4 Å². The number of aromatic nitrogens is 1. The number of carbonyl (C=O) groups excluding carboxylic acids is 5. The molecule has 0 aliphatic carbocycles. The Labute approximate surface area is 333 Å². The molecular weight excluding hydrogens is 771 g/mol. The Morgan fingerprint density at radius 3 is 2.09 bits per heavy atom. The molecule has 1 aromatic heterocycles. The van der Waals surface area contributed by atoms with Crippen LogP contribution in [0.2, 0.25) is 0 Å². The van der Waals surface area contributed by atoms with Crippen molar-refractivity contribution >= 4 is 36.0 Å². The number of rotatable bonds is 15. The lowest BCUT2D eigenvalue weighted by Crippen LogP contribution is -2.52. The molecule has 0 bridgehead atoms. The van der Waals surface area contributed by atoms with Crippen molar-refractivity contribution in [2.45, 2.75) is 72.3 Å². The van der Waals surface area contributed by atoms with E-state index in [1.807, 2.05) is 68.7 Å². The molecule has 0 radical (unpaired) electrons. The first-order chi connectivity index (χ1) is 27.1. The van der Waals surface area contributed by atoms with E-state index in [1.165, 1.54) is 25.1 Å². The van der Waals surface area contributed by atoms with Crippen molar-refractivity contribution in [2.24, 2.45) is 11.1 Å². The van der Waals surface area contributed by atoms with Gasteiger partial charge >= 0.3 is 12.1 Å². The van der Waals surface area contributed by atoms with E-state index in [9.17, 15) is 45.9 Å². The van der Waals surface area contributed by atoms with Crippen molar-refractivity contribution in [1.82, 2.24) is 25.0 Å². The number of carboxylic acid groups (broad SMARTS) is 1. The third-order valence-corrected chi connectivity index (χ3v) is 8.43. The number of hydrogen-bond acceptors (Lipinski definition) is 7. The second kappa shape index (κ2) is 22.1. The van der Waals surface area contributed by atoms with Gasteiger partial charge in [-0.3, -0.25) is 28.9 Å². The largest absolute Gasteiger partial charge is 0.490 e. The quantitative estimate of drug-likeness (QED) is 0.0719. The Morgan fingerprint density at radius 1 is 0.983 bits per heavy atom. The molecule has 1 aliphatic heterocycles. The van der Waals surface area contributed by atoms with E-state index >= 15 is 0 Å². The zero-order valence-corrected chi connectivity index (χ0v) is 32.8. The summed E-state index contributed by atoms with van der Waals surface area (Å²) in [5.74, 6) is -4.76. The second-order valence-electron chi connectivity index (χ2n) is 14.1. The summed E-state index contributed by atoms with van der Waals surface area (Å²) in [6, 6.07) is 14.1. The van der Waals surface area contributed by atoms with Gasteiger partial charge in [0.05, 0.1) is 12.1 Å². The minimum atomic E-state index is -5.08. The number of amides is 5. The lowest BCUT2D eigenvalue weighted by molar-refractivity contribution is -0.192. The molecule has 58 heavy (non-hydrogen) atoms. The molecule has 2 atom stereocenters. The number of hydrogen-bond donors (Lipinski definition) is 4. The minimum absolute atomic E-state index is 0.111. The molecule has 18 heteroatoms. The lowest BCUT2D eigenvalue weighted by Gasteiger charge is -2.42.